The molecule has 0 radical (unpaired) electrons. The highest BCUT2D eigenvalue weighted by molar-refractivity contribution is 7.92. The van der Waals surface area contributed by atoms with E-state index in [0.717, 1.165) is 5.57 Å². The largest absolute Gasteiger partial charge is 0.378 e. The van der Waals surface area contributed by atoms with Gasteiger partial charge in [-0.25, -0.2) is 8.42 Å². The van der Waals surface area contributed by atoms with Crippen molar-refractivity contribution in [2.24, 2.45) is 5.41 Å². The number of anilines is 1. The van der Waals surface area contributed by atoms with Gasteiger partial charge in [0.05, 0.1) is 30.4 Å². The van der Waals surface area contributed by atoms with Gasteiger partial charge >= 0.3 is 0 Å². The number of nitrogens with zero attached hydrogens (tertiary/aromatic N) is 1. The van der Waals surface area contributed by atoms with Crippen molar-refractivity contribution in [2.45, 2.75) is 57.5 Å². The first-order chi connectivity index (χ1) is 17.0. The van der Waals surface area contributed by atoms with Crippen molar-refractivity contribution >= 4 is 45.4 Å². The Labute approximate surface area is 218 Å². The molecule has 2 aliphatic heterocycles. The van der Waals surface area contributed by atoms with E-state index >= 15 is 0 Å². The number of morpholine rings is 1. The Morgan fingerprint density at radius 3 is 2.56 bits per heavy atom. The molecule has 0 saturated carbocycles. The summed E-state index contributed by atoms with van der Waals surface area (Å²) in [5.74, 6) is -0.134. The van der Waals surface area contributed by atoms with Crippen molar-refractivity contribution in [3.63, 3.8) is 0 Å². The minimum Gasteiger partial charge on any atom is -0.378 e. The van der Waals surface area contributed by atoms with Crippen molar-refractivity contribution in [2.75, 3.05) is 31.2 Å². The standard InChI is InChI=1S/C24H35N5O5S2/c1-5-24(17(4)14-25-22(24)31)13-19(26-15-30)18-6-7-20(29-8-10-34-11-9-29)21(12-18)36(32,33)28-23(35)27-16(2)3/h6-7,12,14-16,19H,5,8-11,13H2,1-4H3,(H,25,31)(H,26,30)(H2,27,28,35). The molecule has 1 aromatic rings. The fourth-order valence-electron chi connectivity index (χ4n) is 4.67. The second-order valence-electron chi connectivity index (χ2n) is 9.34. The van der Waals surface area contributed by atoms with Crippen LogP contribution in [0.2, 0.25) is 0 Å². The molecule has 3 rings (SSSR count). The molecule has 2 atom stereocenters. The molecule has 0 bridgehead atoms. The van der Waals surface area contributed by atoms with Crippen LogP contribution >= 0.6 is 12.2 Å². The van der Waals surface area contributed by atoms with Gasteiger partial charge in [-0.3, -0.25) is 14.3 Å². The van der Waals surface area contributed by atoms with Crippen LogP contribution in [0.25, 0.3) is 0 Å². The number of thiocarbonyl (C=S) groups is 1. The zero-order valence-electron chi connectivity index (χ0n) is 21.1. The minimum absolute atomic E-state index is 0.000721. The lowest BCUT2D eigenvalue weighted by Crippen LogP contribution is -2.43. The average Bonchev–Trinajstić information content (AvgIpc) is 3.11. The third-order valence-corrected chi connectivity index (χ3v) is 8.44. The fourth-order valence-corrected chi connectivity index (χ4v) is 6.41. The van der Waals surface area contributed by atoms with Gasteiger partial charge in [0, 0.05) is 25.3 Å². The number of benzene rings is 1. The van der Waals surface area contributed by atoms with E-state index in [1.165, 1.54) is 0 Å². The van der Waals surface area contributed by atoms with Crippen molar-refractivity contribution in [3.05, 3.63) is 35.5 Å². The van der Waals surface area contributed by atoms with Gasteiger partial charge in [0.1, 0.15) is 4.90 Å². The quantitative estimate of drug-likeness (QED) is 0.262. The molecule has 2 aliphatic rings. The first-order valence-corrected chi connectivity index (χ1v) is 13.9. The second kappa shape index (κ2) is 11.6. The van der Waals surface area contributed by atoms with Crippen LogP contribution in [0.15, 0.2) is 34.9 Å². The van der Waals surface area contributed by atoms with Gasteiger partial charge < -0.3 is 25.6 Å². The molecule has 1 aromatic carbocycles. The first-order valence-electron chi connectivity index (χ1n) is 12.0. The number of sulfonamides is 1. The van der Waals surface area contributed by atoms with Crippen LogP contribution in [0.1, 0.15) is 52.1 Å². The summed E-state index contributed by atoms with van der Waals surface area (Å²) in [5, 5.41) is 8.46. The van der Waals surface area contributed by atoms with E-state index in [1.807, 2.05) is 32.6 Å². The normalized spacial score (nSPS) is 21.0. The zero-order chi connectivity index (χ0) is 26.5. The maximum atomic E-state index is 13.5. The molecule has 1 saturated heterocycles. The van der Waals surface area contributed by atoms with E-state index in [-0.39, 0.29) is 28.4 Å². The summed E-state index contributed by atoms with van der Waals surface area (Å²) in [4.78, 5) is 26.3. The summed E-state index contributed by atoms with van der Waals surface area (Å²) in [7, 11) is -4.07. The van der Waals surface area contributed by atoms with E-state index in [4.69, 9.17) is 17.0 Å². The lowest BCUT2D eigenvalue weighted by molar-refractivity contribution is -0.128. The summed E-state index contributed by atoms with van der Waals surface area (Å²) < 4.78 is 35.0. The van der Waals surface area contributed by atoms with Crippen molar-refractivity contribution < 1.29 is 22.7 Å². The average molecular weight is 538 g/mol. The highest BCUT2D eigenvalue weighted by Gasteiger charge is 2.44. The molecule has 0 aromatic heterocycles. The summed E-state index contributed by atoms with van der Waals surface area (Å²) in [5.41, 5.74) is 1.16. The summed E-state index contributed by atoms with van der Waals surface area (Å²) >= 11 is 5.21. The number of nitrogens with one attached hydrogen (secondary N) is 4. The molecule has 1 fully saturated rings. The molecule has 2 heterocycles. The number of hydrogen-bond acceptors (Lipinski definition) is 7. The third-order valence-electron chi connectivity index (χ3n) is 6.71. The van der Waals surface area contributed by atoms with Gasteiger partial charge in [-0.05, 0) is 69.1 Å². The molecule has 2 amide bonds. The highest BCUT2D eigenvalue weighted by Crippen LogP contribution is 2.43. The molecule has 0 spiro atoms. The van der Waals surface area contributed by atoms with E-state index in [9.17, 15) is 18.0 Å². The molecule has 36 heavy (non-hydrogen) atoms. The van der Waals surface area contributed by atoms with Crippen LogP contribution < -0.4 is 25.6 Å². The number of amides is 2. The van der Waals surface area contributed by atoms with E-state index in [2.05, 4.69) is 20.7 Å². The predicted octanol–water partition coefficient (Wildman–Crippen LogP) is 1.69. The number of ether oxygens (including phenoxy) is 1. The Morgan fingerprint density at radius 1 is 1.31 bits per heavy atom. The molecule has 2 unspecified atom stereocenters. The zero-order valence-corrected chi connectivity index (χ0v) is 22.7. The van der Waals surface area contributed by atoms with Crippen LogP contribution in [-0.4, -0.2) is 58.2 Å². The van der Waals surface area contributed by atoms with Gasteiger partial charge in [-0.1, -0.05) is 13.0 Å². The number of carbonyl (C=O) groups is 2. The number of rotatable bonds is 10. The van der Waals surface area contributed by atoms with Gasteiger partial charge in [0.2, 0.25) is 12.3 Å². The van der Waals surface area contributed by atoms with Crippen LogP contribution in [0.5, 0.6) is 0 Å². The maximum absolute atomic E-state index is 13.5. The number of carbonyl (C=O) groups excluding carboxylic acids is 2. The SMILES string of the molecule is CCC1(CC(NC=O)c2ccc(N3CCOCC3)c(S(=O)(=O)NC(=S)NC(C)C)c2)C(=O)NC=C1C. The second-order valence-corrected chi connectivity index (χ2v) is 11.4. The third kappa shape index (κ3) is 5.98. The first kappa shape index (κ1) is 27.9. The lowest BCUT2D eigenvalue weighted by atomic mass is 9.73. The van der Waals surface area contributed by atoms with Crippen molar-refractivity contribution in [1.82, 2.24) is 20.7 Å². The van der Waals surface area contributed by atoms with Crippen LogP contribution in [0.4, 0.5) is 5.69 Å². The van der Waals surface area contributed by atoms with E-state index < -0.39 is 21.5 Å². The van der Waals surface area contributed by atoms with Crippen LogP contribution in [0, 0.1) is 5.41 Å². The molecule has 12 heteroatoms. The molecule has 4 N–H and O–H groups in total. The molecule has 198 valence electrons. The Kier molecular flexibility index (Phi) is 8.96. The fraction of sp³-hybridized carbons (Fsp3) is 0.542. The minimum atomic E-state index is -4.07. The van der Waals surface area contributed by atoms with E-state index in [1.54, 1.807) is 24.4 Å². The predicted molar refractivity (Wildman–Crippen MR) is 142 cm³/mol. The molecule has 10 nitrogen and oxygen atoms in total. The molecule has 0 aliphatic carbocycles. The Bertz CT molecular complexity index is 1130. The maximum Gasteiger partial charge on any atom is 0.265 e. The highest BCUT2D eigenvalue weighted by atomic mass is 32.2. The monoisotopic (exact) mass is 537 g/mol. The van der Waals surface area contributed by atoms with Gasteiger partial charge in [0.15, 0.2) is 5.11 Å². The topological polar surface area (TPSA) is 129 Å². The summed E-state index contributed by atoms with van der Waals surface area (Å²) in [6.07, 6.45) is 3.08. The Hall–Kier alpha value is -2.70. The summed E-state index contributed by atoms with van der Waals surface area (Å²) in [6, 6.07) is 4.45. The van der Waals surface area contributed by atoms with Crippen LogP contribution in [0.3, 0.4) is 0 Å². The van der Waals surface area contributed by atoms with Gasteiger partial charge in [-0.15, -0.1) is 0 Å². The Morgan fingerprint density at radius 2 is 2.00 bits per heavy atom. The molecular formula is C24H35N5O5S2. The van der Waals surface area contributed by atoms with Gasteiger partial charge in [-0.2, -0.15) is 0 Å². The smallest absolute Gasteiger partial charge is 0.265 e. The van der Waals surface area contributed by atoms with Gasteiger partial charge in [0.25, 0.3) is 10.0 Å². The van der Waals surface area contributed by atoms with Crippen molar-refractivity contribution in [1.29, 1.82) is 0 Å². The van der Waals surface area contributed by atoms with Crippen LogP contribution in [-0.2, 0) is 24.3 Å². The number of hydrogen-bond donors (Lipinski definition) is 4. The van der Waals surface area contributed by atoms with Crippen molar-refractivity contribution in [3.8, 4) is 0 Å². The van der Waals surface area contributed by atoms with E-state index in [0.29, 0.717) is 50.4 Å². The lowest BCUT2D eigenvalue weighted by Gasteiger charge is -2.33. The Balaban J connectivity index is 2.05. The molecular weight excluding hydrogens is 502 g/mol. The summed E-state index contributed by atoms with van der Waals surface area (Å²) in [6.45, 7) is 9.55.